The molecule has 0 saturated carbocycles. The molecule has 0 bridgehead atoms. The summed E-state index contributed by atoms with van der Waals surface area (Å²) in [5.41, 5.74) is 0.613. The maximum atomic E-state index is 13.9. The number of hydrogen-bond donors (Lipinski definition) is 2. The lowest BCUT2D eigenvalue weighted by atomic mass is 10.1. The SMILES string of the molecule is O=C(Nc1ccc(N2CCN(CC(=O)N3CCCCC3)CC2)cc1C(=O)O)c1ccccc1F. The summed E-state index contributed by atoms with van der Waals surface area (Å²) in [6, 6.07) is 10.3. The first-order valence-electron chi connectivity index (χ1n) is 11.6. The van der Waals surface area contributed by atoms with Crippen molar-refractivity contribution in [1.82, 2.24) is 9.80 Å². The highest BCUT2D eigenvalue weighted by atomic mass is 19.1. The molecule has 9 heteroatoms. The van der Waals surface area contributed by atoms with Gasteiger partial charge in [-0.25, -0.2) is 9.18 Å². The van der Waals surface area contributed by atoms with Crippen LogP contribution in [0.5, 0.6) is 0 Å². The molecule has 8 nitrogen and oxygen atoms in total. The van der Waals surface area contributed by atoms with Crippen molar-refractivity contribution in [1.29, 1.82) is 0 Å². The van der Waals surface area contributed by atoms with E-state index in [2.05, 4.69) is 15.1 Å². The Morgan fingerprint density at radius 3 is 2.26 bits per heavy atom. The molecule has 34 heavy (non-hydrogen) atoms. The molecule has 2 aliphatic heterocycles. The smallest absolute Gasteiger partial charge is 0.337 e. The predicted octanol–water partition coefficient (Wildman–Crippen LogP) is 2.91. The monoisotopic (exact) mass is 468 g/mol. The van der Waals surface area contributed by atoms with Crippen molar-refractivity contribution in [3.63, 3.8) is 0 Å². The lowest BCUT2D eigenvalue weighted by Gasteiger charge is -2.37. The molecular weight excluding hydrogens is 439 g/mol. The van der Waals surface area contributed by atoms with E-state index in [1.807, 2.05) is 4.90 Å². The normalized spacial score (nSPS) is 16.9. The van der Waals surface area contributed by atoms with Gasteiger partial charge in [0.15, 0.2) is 0 Å². The van der Waals surface area contributed by atoms with E-state index in [1.54, 1.807) is 12.1 Å². The third kappa shape index (κ3) is 5.53. The molecule has 0 radical (unpaired) electrons. The number of anilines is 2. The molecule has 2 aromatic rings. The molecule has 2 heterocycles. The van der Waals surface area contributed by atoms with Crippen LogP contribution in [0.4, 0.5) is 15.8 Å². The second-order valence-electron chi connectivity index (χ2n) is 8.67. The van der Waals surface area contributed by atoms with E-state index >= 15 is 0 Å². The number of piperazine rings is 1. The highest BCUT2D eigenvalue weighted by Crippen LogP contribution is 2.25. The van der Waals surface area contributed by atoms with Crippen molar-refractivity contribution in [3.8, 4) is 0 Å². The quantitative estimate of drug-likeness (QED) is 0.677. The number of hydrogen-bond acceptors (Lipinski definition) is 5. The van der Waals surface area contributed by atoms with Gasteiger partial charge in [0.25, 0.3) is 5.91 Å². The van der Waals surface area contributed by atoms with Crippen LogP contribution in [0.25, 0.3) is 0 Å². The Hall–Kier alpha value is -3.46. The molecule has 4 rings (SSSR count). The molecule has 2 saturated heterocycles. The van der Waals surface area contributed by atoms with Crippen molar-refractivity contribution in [2.24, 2.45) is 0 Å². The van der Waals surface area contributed by atoms with Crippen molar-refractivity contribution in [3.05, 3.63) is 59.4 Å². The van der Waals surface area contributed by atoms with Gasteiger partial charge in [0, 0.05) is 45.0 Å². The second kappa shape index (κ2) is 10.6. The van der Waals surface area contributed by atoms with Gasteiger partial charge in [-0.1, -0.05) is 12.1 Å². The standard InChI is InChI=1S/C25H29FN4O4/c26-21-7-3-2-6-19(21)24(32)27-22-9-8-18(16-20(22)25(33)34)29-14-12-28(13-15-29)17-23(31)30-10-4-1-5-11-30/h2-3,6-9,16H,1,4-5,10-15,17H2,(H,27,32)(H,33,34). The number of benzene rings is 2. The van der Waals surface area contributed by atoms with E-state index in [0.29, 0.717) is 32.7 Å². The summed E-state index contributed by atoms with van der Waals surface area (Å²) in [5.74, 6) is -2.39. The van der Waals surface area contributed by atoms with Crippen LogP contribution >= 0.6 is 0 Å². The minimum atomic E-state index is -1.18. The Morgan fingerprint density at radius 2 is 1.59 bits per heavy atom. The fraction of sp³-hybridized carbons (Fsp3) is 0.400. The van der Waals surface area contributed by atoms with E-state index in [9.17, 15) is 23.9 Å². The summed E-state index contributed by atoms with van der Waals surface area (Å²) < 4.78 is 13.9. The summed E-state index contributed by atoms with van der Waals surface area (Å²) in [7, 11) is 0. The van der Waals surface area contributed by atoms with Gasteiger partial charge in [-0.3, -0.25) is 14.5 Å². The summed E-state index contributed by atoms with van der Waals surface area (Å²) >= 11 is 0. The fourth-order valence-corrected chi connectivity index (χ4v) is 4.45. The van der Waals surface area contributed by atoms with E-state index < -0.39 is 17.7 Å². The van der Waals surface area contributed by atoms with Gasteiger partial charge < -0.3 is 20.2 Å². The molecule has 2 N–H and O–H groups in total. The van der Waals surface area contributed by atoms with Crippen LogP contribution in [-0.2, 0) is 4.79 Å². The van der Waals surface area contributed by atoms with E-state index in [4.69, 9.17) is 0 Å². The average Bonchev–Trinajstić information content (AvgIpc) is 2.85. The van der Waals surface area contributed by atoms with E-state index in [1.165, 1.54) is 36.8 Å². The van der Waals surface area contributed by atoms with Gasteiger partial charge in [-0.2, -0.15) is 0 Å². The number of halogens is 1. The van der Waals surface area contributed by atoms with Gasteiger partial charge in [0.2, 0.25) is 5.91 Å². The van der Waals surface area contributed by atoms with Crippen LogP contribution in [0, 0.1) is 5.82 Å². The molecule has 2 fully saturated rings. The van der Waals surface area contributed by atoms with Crippen LogP contribution < -0.4 is 10.2 Å². The van der Waals surface area contributed by atoms with Crippen LogP contribution in [0.2, 0.25) is 0 Å². The van der Waals surface area contributed by atoms with Crippen LogP contribution in [0.1, 0.15) is 40.0 Å². The predicted molar refractivity (Wildman–Crippen MR) is 127 cm³/mol. The molecule has 2 aliphatic rings. The number of nitrogens with zero attached hydrogens (tertiary/aromatic N) is 3. The van der Waals surface area contributed by atoms with Crippen LogP contribution in [-0.4, -0.2) is 78.5 Å². The number of likely N-dealkylation sites (tertiary alicyclic amines) is 1. The zero-order valence-corrected chi connectivity index (χ0v) is 19.0. The van der Waals surface area contributed by atoms with Crippen molar-refractivity contribution in [2.45, 2.75) is 19.3 Å². The largest absolute Gasteiger partial charge is 0.478 e. The van der Waals surface area contributed by atoms with Gasteiger partial charge in [0.05, 0.1) is 23.4 Å². The average molecular weight is 469 g/mol. The van der Waals surface area contributed by atoms with E-state index in [-0.39, 0.29) is 22.7 Å². The number of rotatable bonds is 6. The molecule has 0 aliphatic carbocycles. The minimum absolute atomic E-state index is 0.0649. The second-order valence-corrected chi connectivity index (χ2v) is 8.67. The Balaban J connectivity index is 1.39. The number of nitrogens with one attached hydrogen (secondary N) is 1. The summed E-state index contributed by atoms with van der Waals surface area (Å²) in [6.07, 6.45) is 3.33. The summed E-state index contributed by atoms with van der Waals surface area (Å²) in [6.45, 7) is 4.82. The number of amides is 2. The third-order valence-corrected chi connectivity index (χ3v) is 6.41. The Morgan fingerprint density at radius 1 is 0.882 bits per heavy atom. The number of aromatic carboxylic acids is 1. The van der Waals surface area contributed by atoms with Crippen LogP contribution in [0.3, 0.4) is 0 Å². The Kier molecular flexibility index (Phi) is 7.42. The van der Waals surface area contributed by atoms with Crippen molar-refractivity contribution >= 4 is 29.2 Å². The first-order valence-corrected chi connectivity index (χ1v) is 11.6. The molecule has 0 aromatic heterocycles. The Bertz CT molecular complexity index is 1060. The number of piperidine rings is 1. The number of carboxylic acids is 1. The highest BCUT2D eigenvalue weighted by molar-refractivity contribution is 6.08. The van der Waals surface area contributed by atoms with Crippen LogP contribution in [0.15, 0.2) is 42.5 Å². The first kappa shape index (κ1) is 23.7. The number of carbonyl (C=O) groups excluding carboxylic acids is 2. The summed E-state index contributed by atoms with van der Waals surface area (Å²) in [5, 5.41) is 12.2. The first-order chi connectivity index (χ1) is 16.4. The maximum absolute atomic E-state index is 13.9. The molecular formula is C25H29FN4O4. The molecule has 0 spiro atoms. The number of carboxylic acid groups (broad SMARTS) is 1. The molecule has 0 atom stereocenters. The molecule has 0 unspecified atom stereocenters. The minimum Gasteiger partial charge on any atom is -0.478 e. The Labute approximate surface area is 197 Å². The van der Waals surface area contributed by atoms with Gasteiger partial charge in [0.1, 0.15) is 5.82 Å². The van der Waals surface area contributed by atoms with Gasteiger partial charge in [-0.05, 0) is 49.6 Å². The van der Waals surface area contributed by atoms with Gasteiger partial charge >= 0.3 is 5.97 Å². The lowest BCUT2D eigenvalue weighted by molar-refractivity contribution is -0.133. The van der Waals surface area contributed by atoms with Crippen molar-refractivity contribution < 1.29 is 23.9 Å². The molecule has 180 valence electrons. The summed E-state index contributed by atoms with van der Waals surface area (Å²) in [4.78, 5) is 43.0. The maximum Gasteiger partial charge on any atom is 0.337 e. The zero-order valence-electron chi connectivity index (χ0n) is 19.0. The highest BCUT2D eigenvalue weighted by Gasteiger charge is 2.24. The zero-order chi connectivity index (χ0) is 24.1. The lowest BCUT2D eigenvalue weighted by Crippen LogP contribution is -2.50. The van der Waals surface area contributed by atoms with Gasteiger partial charge in [-0.15, -0.1) is 0 Å². The van der Waals surface area contributed by atoms with E-state index in [0.717, 1.165) is 31.6 Å². The topological polar surface area (TPSA) is 93.2 Å². The number of carbonyl (C=O) groups is 3. The fourth-order valence-electron chi connectivity index (χ4n) is 4.45. The van der Waals surface area contributed by atoms with Crippen molar-refractivity contribution in [2.75, 3.05) is 56.0 Å². The molecule has 2 amide bonds. The molecule has 2 aromatic carbocycles. The third-order valence-electron chi connectivity index (χ3n) is 6.41.